The number of piperidine rings is 1. The van der Waals surface area contributed by atoms with Crippen LogP contribution in [0.15, 0.2) is 42.5 Å². The first-order valence-corrected chi connectivity index (χ1v) is 15.5. The van der Waals surface area contributed by atoms with Crippen LogP contribution in [0.1, 0.15) is 69.1 Å². The van der Waals surface area contributed by atoms with Gasteiger partial charge < -0.3 is 30.1 Å². The van der Waals surface area contributed by atoms with E-state index in [-0.39, 0.29) is 32.5 Å². The highest BCUT2D eigenvalue weighted by molar-refractivity contribution is 6.08. The van der Waals surface area contributed by atoms with Gasteiger partial charge >= 0.3 is 11.9 Å². The Hall–Kier alpha value is -4.92. The summed E-state index contributed by atoms with van der Waals surface area (Å²) >= 11 is 0. The van der Waals surface area contributed by atoms with Crippen LogP contribution in [0.4, 0.5) is 0 Å². The number of aliphatic carboxylic acids is 1. The number of aryl methyl sites for hydroxylation is 1. The van der Waals surface area contributed by atoms with Crippen LogP contribution < -0.4 is 10.6 Å². The van der Waals surface area contributed by atoms with Crippen LogP contribution in [-0.4, -0.2) is 97.3 Å². The fourth-order valence-electron chi connectivity index (χ4n) is 5.50. The molecular formula is C32H41N7O8. The number of aromatic nitrogens is 4. The number of carbonyl (C=O) groups excluding carboxylic acids is 4. The Morgan fingerprint density at radius 3 is 2.49 bits per heavy atom. The van der Waals surface area contributed by atoms with Crippen LogP contribution >= 0.6 is 0 Å². The van der Waals surface area contributed by atoms with E-state index in [4.69, 9.17) is 9.47 Å². The Balaban J connectivity index is 1.57. The van der Waals surface area contributed by atoms with Gasteiger partial charge in [-0.3, -0.25) is 19.2 Å². The second-order valence-corrected chi connectivity index (χ2v) is 12.3. The molecule has 2 aromatic carbocycles. The Labute approximate surface area is 272 Å². The molecule has 252 valence electrons. The number of amides is 3. The molecule has 4 rings (SSSR count). The molecule has 0 saturated carbocycles. The average molecular weight is 652 g/mol. The van der Waals surface area contributed by atoms with E-state index in [9.17, 15) is 29.1 Å². The molecule has 1 aromatic heterocycles. The van der Waals surface area contributed by atoms with Crippen molar-refractivity contribution in [2.24, 2.45) is 0 Å². The Kier molecular flexibility index (Phi) is 11.6. The molecule has 2 heterocycles. The predicted octanol–water partition coefficient (Wildman–Crippen LogP) is 1.84. The summed E-state index contributed by atoms with van der Waals surface area (Å²) in [7, 11) is 1.49. The lowest BCUT2D eigenvalue weighted by Gasteiger charge is -2.37. The molecule has 3 aromatic rings. The number of rotatable bonds is 13. The number of benzene rings is 2. The Morgan fingerprint density at radius 2 is 1.77 bits per heavy atom. The third-order valence-electron chi connectivity index (χ3n) is 7.65. The minimum atomic E-state index is -1.56. The second kappa shape index (κ2) is 15.6. The van der Waals surface area contributed by atoms with E-state index < -0.39 is 59.8 Å². The van der Waals surface area contributed by atoms with Crippen molar-refractivity contribution in [3.05, 3.63) is 53.9 Å². The summed E-state index contributed by atoms with van der Waals surface area (Å²) in [6.45, 7) is 5.25. The zero-order valence-corrected chi connectivity index (χ0v) is 27.0. The number of likely N-dealkylation sites (tertiary alicyclic amines) is 1. The normalized spacial score (nSPS) is 16.3. The van der Waals surface area contributed by atoms with Gasteiger partial charge in [-0.05, 0) is 73.7 Å². The SMILES string of the molecule is COCn1nnnc1CC[C@H](NC(=O)c1cccc2ccccc12)C(=O)N1CCCC[C@H]1C(=O)N[C@@H](CC(=O)OC(C)(C)C)C(=O)O. The van der Waals surface area contributed by atoms with E-state index in [1.54, 1.807) is 32.9 Å². The number of esters is 1. The number of hydrogen-bond acceptors (Lipinski definition) is 10. The number of carbonyl (C=O) groups is 5. The number of hydrogen-bond donors (Lipinski definition) is 3. The lowest BCUT2D eigenvalue weighted by atomic mass is 9.98. The molecule has 3 atom stereocenters. The third kappa shape index (κ3) is 9.31. The van der Waals surface area contributed by atoms with E-state index in [0.29, 0.717) is 29.6 Å². The largest absolute Gasteiger partial charge is 0.480 e. The van der Waals surface area contributed by atoms with Gasteiger partial charge in [0.15, 0.2) is 5.82 Å². The Bertz CT molecular complexity index is 1600. The summed E-state index contributed by atoms with van der Waals surface area (Å²) in [6, 6.07) is 9.04. The number of methoxy groups -OCH3 is 1. The van der Waals surface area contributed by atoms with Gasteiger partial charge in [-0.25, -0.2) is 9.48 Å². The van der Waals surface area contributed by atoms with Gasteiger partial charge in [-0.2, -0.15) is 0 Å². The van der Waals surface area contributed by atoms with Crippen molar-refractivity contribution in [3.63, 3.8) is 0 Å². The summed E-state index contributed by atoms with van der Waals surface area (Å²) in [5, 5.41) is 28.2. The first kappa shape index (κ1) is 34.9. The van der Waals surface area contributed by atoms with E-state index in [1.165, 1.54) is 16.7 Å². The fourth-order valence-corrected chi connectivity index (χ4v) is 5.50. The molecule has 15 nitrogen and oxygen atoms in total. The molecule has 3 amide bonds. The molecule has 0 aliphatic carbocycles. The molecule has 1 fully saturated rings. The summed E-state index contributed by atoms with van der Waals surface area (Å²) < 4.78 is 11.8. The Morgan fingerprint density at radius 1 is 1.02 bits per heavy atom. The summed E-state index contributed by atoms with van der Waals surface area (Å²) in [5.74, 6) is -3.46. The summed E-state index contributed by atoms with van der Waals surface area (Å²) in [4.78, 5) is 67.2. The topological polar surface area (TPSA) is 195 Å². The third-order valence-corrected chi connectivity index (χ3v) is 7.65. The zero-order valence-electron chi connectivity index (χ0n) is 27.0. The summed E-state index contributed by atoms with van der Waals surface area (Å²) in [5.41, 5.74) is -0.459. The van der Waals surface area contributed by atoms with Crippen molar-refractivity contribution >= 4 is 40.4 Å². The van der Waals surface area contributed by atoms with Gasteiger partial charge in [0.05, 0.1) is 6.42 Å². The number of ether oxygens (including phenoxy) is 2. The van der Waals surface area contributed by atoms with Crippen LogP contribution in [0.5, 0.6) is 0 Å². The van der Waals surface area contributed by atoms with Crippen LogP contribution in [-0.2, 0) is 41.8 Å². The van der Waals surface area contributed by atoms with Crippen molar-refractivity contribution in [1.82, 2.24) is 35.7 Å². The van der Waals surface area contributed by atoms with Crippen LogP contribution in [0.25, 0.3) is 10.8 Å². The molecule has 0 bridgehead atoms. The molecule has 0 unspecified atom stereocenters. The monoisotopic (exact) mass is 651 g/mol. The standard InChI is InChI=1S/C32H41N7O8/c1-32(2,3)47-27(40)18-24(31(44)45)34-29(42)25-14-7-8-17-38(25)30(43)23(15-16-26-35-36-37-39(26)19-46-4)33-28(41)22-13-9-11-20-10-5-6-12-21(20)22/h5-6,9-13,23-25H,7-8,14-19H2,1-4H3,(H,33,41)(H,34,42)(H,44,45)/t23-,24-,25-/m0/s1. The molecule has 1 aliphatic rings. The van der Waals surface area contributed by atoms with Gasteiger partial charge in [0.2, 0.25) is 11.8 Å². The minimum Gasteiger partial charge on any atom is -0.480 e. The number of nitrogens with one attached hydrogen (secondary N) is 2. The predicted molar refractivity (Wildman–Crippen MR) is 168 cm³/mol. The number of carboxylic acid groups (broad SMARTS) is 1. The van der Waals surface area contributed by atoms with Crippen LogP contribution in [0.2, 0.25) is 0 Å². The zero-order chi connectivity index (χ0) is 34.1. The van der Waals surface area contributed by atoms with E-state index in [0.717, 1.165) is 5.39 Å². The highest BCUT2D eigenvalue weighted by Gasteiger charge is 2.38. The van der Waals surface area contributed by atoms with Crippen molar-refractivity contribution in [2.45, 2.75) is 89.8 Å². The van der Waals surface area contributed by atoms with Crippen molar-refractivity contribution in [1.29, 1.82) is 0 Å². The van der Waals surface area contributed by atoms with E-state index >= 15 is 0 Å². The lowest BCUT2D eigenvalue weighted by Crippen LogP contribution is -2.59. The number of tetrazole rings is 1. The molecule has 3 N–H and O–H groups in total. The van der Waals surface area contributed by atoms with Crippen molar-refractivity contribution in [2.75, 3.05) is 13.7 Å². The maximum Gasteiger partial charge on any atom is 0.326 e. The van der Waals surface area contributed by atoms with Gasteiger partial charge in [0.1, 0.15) is 30.5 Å². The molecule has 0 spiro atoms. The molecule has 1 saturated heterocycles. The van der Waals surface area contributed by atoms with Crippen LogP contribution in [0.3, 0.4) is 0 Å². The van der Waals surface area contributed by atoms with Crippen molar-refractivity contribution < 1.29 is 38.6 Å². The average Bonchev–Trinajstić information content (AvgIpc) is 3.48. The smallest absolute Gasteiger partial charge is 0.326 e. The highest BCUT2D eigenvalue weighted by atomic mass is 16.6. The molecular weight excluding hydrogens is 610 g/mol. The maximum atomic E-state index is 14.2. The van der Waals surface area contributed by atoms with Crippen LogP contribution in [0, 0.1) is 0 Å². The van der Waals surface area contributed by atoms with Gasteiger partial charge in [0, 0.05) is 25.6 Å². The van der Waals surface area contributed by atoms with Gasteiger partial charge in [-0.15, -0.1) is 5.10 Å². The fraction of sp³-hybridized carbons (Fsp3) is 0.500. The quantitative estimate of drug-likeness (QED) is 0.228. The second-order valence-electron chi connectivity index (χ2n) is 12.3. The highest BCUT2D eigenvalue weighted by Crippen LogP contribution is 2.22. The van der Waals surface area contributed by atoms with Gasteiger partial charge in [-0.1, -0.05) is 36.4 Å². The minimum absolute atomic E-state index is 0.0890. The lowest BCUT2D eigenvalue weighted by molar-refractivity contribution is -0.159. The number of carboxylic acids is 1. The maximum absolute atomic E-state index is 14.2. The molecule has 0 radical (unpaired) electrons. The molecule has 1 aliphatic heterocycles. The van der Waals surface area contributed by atoms with Crippen molar-refractivity contribution in [3.8, 4) is 0 Å². The summed E-state index contributed by atoms with van der Waals surface area (Å²) in [6.07, 6.45) is 1.20. The van der Waals surface area contributed by atoms with Gasteiger partial charge in [0.25, 0.3) is 5.91 Å². The van der Waals surface area contributed by atoms with E-state index in [2.05, 4.69) is 26.2 Å². The number of nitrogens with zero attached hydrogens (tertiary/aromatic N) is 5. The molecule has 47 heavy (non-hydrogen) atoms. The first-order valence-electron chi connectivity index (χ1n) is 15.5. The van der Waals surface area contributed by atoms with E-state index in [1.807, 2.05) is 30.3 Å². The first-order chi connectivity index (χ1) is 22.4. The molecule has 15 heteroatoms. The number of fused-ring (bicyclic) bond motifs is 1.